The lowest BCUT2D eigenvalue weighted by Crippen LogP contribution is -2.25. The van der Waals surface area contributed by atoms with Crippen molar-refractivity contribution < 1.29 is 14.5 Å². The van der Waals surface area contributed by atoms with E-state index in [9.17, 15) is 19.7 Å². The third kappa shape index (κ3) is 1.98. The highest BCUT2D eigenvalue weighted by molar-refractivity contribution is 6.40. The van der Waals surface area contributed by atoms with Gasteiger partial charge in [0.05, 0.1) is 16.2 Å². The number of fused-ring (bicyclic) bond motifs is 1. The topological polar surface area (TPSA) is 103 Å². The minimum atomic E-state index is -0.566. The van der Waals surface area contributed by atoms with Crippen molar-refractivity contribution in [1.29, 1.82) is 0 Å². The Bertz CT molecular complexity index is 868. The van der Waals surface area contributed by atoms with E-state index in [1.165, 1.54) is 30.3 Å². The van der Waals surface area contributed by atoms with E-state index in [-0.39, 0.29) is 33.6 Å². The third-order valence-electron chi connectivity index (χ3n) is 3.50. The Morgan fingerprint density at radius 2 is 1.55 bits per heavy atom. The van der Waals surface area contributed by atoms with Gasteiger partial charge in [-0.25, -0.2) is 0 Å². The fourth-order valence-electron chi connectivity index (χ4n) is 2.46. The van der Waals surface area contributed by atoms with E-state index < -0.39 is 16.5 Å². The SMILES string of the molecule is NC1=C(c2cccc([N+](=O)[O-])c2)C(=O)c2ccccc2C1=O. The zero-order chi connectivity index (χ0) is 15.9. The van der Waals surface area contributed by atoms with Crippen molar-refractivity contribution in [2.45, 2.75) is 0 Å². The predicted molar refractivity (Wildman–Crippen MR) is 79.3 cm³/mol. The van der Waals surface area contributed by atoms with Gasteiger partial charge in [-0.2, -0.15) is 0 Å². The number of nitro benzene ring substituents is 1. The average Bonchev–Trinajstić information content (AvgIpc) is 2.53. The Kier molecular flexibility index (Phi) is 3.06. The summed E-state index contributed by atoms with van der Waals surface area (Å²) in [7, 11) is 0. The van der Waals surface area contributed by atoms with Crippen molar-refractivity contribution in [1.82, 2.24) is 0 Å². The normalized spacial score (nSPS) is 14.0. The van der Waals surface area contributed by atoms with Crippen LogP contribution >= 0.6 is 0 Å². The zero-order valence-electron chi connectivity index (χ0n) is 11.3. The number of carbonyl (C=O) groups excluding carboxylic acids is 2. The first-order valence-electron chi connectivity index (χ1n) is 6.43. The second kappa shape index (κ2) is 4.92. The average molecular weight is 294 g/mol. The number of nitro groups is 1. The van der Waals surface area contributed by atoms with E-state index in [0.717, 1.165) is 0 Å². The number of non-ortho nitro benzene ring substituents is 1. The second-order valence-electron chi connectivity index (χ2n) is 4.80. The van der Waals surface area contributed by atoms with Crippen LogP contribution in [0.4, 0.5) is 5.69 Å². The van der Waals surface area contributed by atoms with Gasteiger partial charge in [0.2, 0.25) is 5.78 Å². The van der Waals surface area contributed by atoms with Crippen LogP contribution in [0.5, 0.6) is 0 Å². The molecule has 0 aromatic heterocycles. The van der Waals surface area contributed by atoms with Gasteiger partial charge in [-0.3, -0.25) is 19.7 Å². The monoisotopic (exact) mass is 294 g/mol. The second-order valence-corrected chi connectivity index (χ2v) is 4.80. The van der Waals surface area contributed by atoms with Gasteiger partial charge in [0, 0.05) is 23.3 Å². The first-order chi connectivity index (χ1) is 10.5. The highest BCUT2D eigenvalue weighted by Gasteiger charge is 2.31. The van der Waals surface area contributed by atoms with Crippen molar-refractivity contribution >= 4 is 22.8 Å². The minimum Gasteiger partial charge on any atom is -0.395 e. The quantitative estimate of drug-likeness (QED) is 0.676. The molecule has 3 rings (SSSR count). The molecule has 2 aromatic carbocycles. The summed E-state index contributed by atoms with van der Waals surface area (Å²) in [5.74, 6) is -0.857. The molecule has 2 aromatic rings. The van der Waals surface area contributed by atoms with E-state index in [4.69, 9.17) is 5.73 Å². The zero-order valence-corrected chi connectivity index (χ0v) is 11.3. The molecule has 0 heterocycles. The van der Waals surface area contributed by atoms with Crippen LogP contribution in [0.1, 0.15) is 26.3 Å². The summed E-state index contributed by atoms with van der Waals surface area (Å²) < 4.78 is 0. The molecule has 0 spiro atoms. The molecular formula is C16H10N2O4. The third-order valence-corrected chi connectivity index (χ3v) is 3.50. The molecule has 108 valence electrons. The van der Waals surface area contributed by atoms with Crippen LogP contribution < -0.4 is 5.73 Å². The van der Waals surface area contributed by atoms with Crippen LogP contribution in [0.3, 0.4) is 0 Å². The first-order valence-corrected chi connectivity index (χ1v) is 6.43. The van der Waals surface area contributed by atoms with Crippen molar-refractivity contribution in [3.05, 3.63) is 81.0 Å². The largest absolute Gasteiger partial charge is 0.395 e. The lowest BCUT2D eigenvalue weighted by atomic mass is 9.84. The van der Waals surface area contributed by atoms with Crippen LogP contribution in [0.15, 0.2) is 54.2 Å². The van der Waals surface area contributed by atoms with Crippen LogP contribution in [0.2, 0.25) is 0 Å². The number of carbonyl (C=O) groups is 2. The number of allylic oxidation sites excluding steroid dienone is 2. The molecule has 0 atom stereocenters. The first kappa shape index (κ1) is 13.7. The molecule has 2 N–H and O–H groups in total. The maximum absolute atomic E-state index is 12.6. The van der Waals surface area contributed by atoms with Crippen LogP contribution in [-0.2, 0) is 0 Å². The summed E-state index contributed by atoms with van der Waals surface area (Å²) >= 11 is 0. The Morgan fingerprint density at radius 1 is 0.909 bits per heavy atom. The van der Waals surface area contributed by atoms with Crippen molar-refractivity contribution in [2.75, 3.05) is 0 Å². The fraction of sp³-hybridized carbons (Fsp3) is 0. The summed E-state index contributed by atoms with van der Waals surface area (Å²) in [6, 6.07) is 11.9. The number of nitrogens with two attached hydrogens (primary N) is 1. The summed E-state index contributed by atoms with van der Waals surface area (Å²) in [5, 5.41) is 10.9. The van der Waals surface area contributed by atoms with Gasteiger partial charge in [-0.15, -0.1) is 0 Å². The van der Waals surface area contributed by atoms with Crippen molar-refractivity contribution in [3.8, 4) is 0 Å². The molecule has 22 heavy (non-hydrogen) atoms. The fourth-order valence-corrected chi connectivity index (χ4v) is 2.46. The van der Waals surface area contributed by atoms with Crippen molar-refractivity contribution in [3.63, 3.8) is 0 Å². The number of nitrogens with zero attached hydrogens (tertiary/aromatic N) is 1. The molecule has 0 amide bonds. The molecule has 0 saturated carbocycles. The van der Waals surface area contributed by atoms with Crippen LogP contribution in [-0.4, -0.2) is 16.5 Å². The van der Waals surface area contributed by atoms with Gasteiger partial charge in [-0.05, 0) is 5.56 Å². The van der Waals surface area contributed by atoms with E-state index in [1.807, 2.05) is 0 Å². The van der Waals surface area contributed by atoms with Gasteiger partial charge in [0.1, 0.15) is 0 Å². The summed E-state index contributed by atoms with van der Waals surface area (Å²) in [6.45, 7) is 0. The Hall–Kier alpha value is -3.28. The number of ketones is 2. The highest BCUT2D eigenvalue weighted by atomic mass is 16.6. The van der Waals surface area contributed by atoms with E-state index in [0.29, 0.717) is 0 Å². The molecule has 0 bridgehead atoms. The van der Waals surface area contributed by atoms with Crippen LogP contribution in [0, 0.1) is 10.1 Å². The molecule has 0 radical (unpaired) electrons. The molecule has 1 aliphatic rings. The van der Waals surface area contributed by atoms with Gasteiger partial charge >= 0.3 is 0 Å². The molecule has 1 aliphatic carbocycles. The maximum Gasteiger partial charge on any atom is 0.270 e. The van der Waals surface area contributed by atoms with Gasteiger partial charge in [0.25, 0.3) is 5.69 Å². The maximum atomic E-state index is 12.6. The Labute approximate surface area is 125 Å². The molecular weight excluding hydrogens is 284 g/mol. The van der Waals surface area contributed by atoms with E-state index >= 15 is 0 Å². The molecule has 0 aliphatic heterocycles. The van der Waals surface area contributed by atoms with Crippen molar-refractivity contribution in [2.24, 2.45) is 5.73 Å². The number of hydrogen-bond acceptors (Lipinski definition) is 5. The number of benzene rings is 2. The molecule has 0 fully saturated rings. The lowest BCUT2D eigenvalue weighted by molar-refractivity contribution is -0.384. The number of Topliss-reactive ketones (excluding diaryl/α,β-unsaturated/α-hetero) is 2. The highest BCUT2D eigenvalue weighted by Crippen LogP contribution is 2.31. The summed E-state index contributed by atoms with van der Waals surface area (Å²) in [5.41, 5.74) is 6.24. The standard InChI is InChI=1S/C16H10N2O4/c17-14-13(9-4-3-5-10(8-9)18(21)22)15(19)11-6-1-2-7-12(11)16(14)20/h1-8H,17H2. The molecule has 0 unspecified atom stereocenters. The number of rotatable bonds is 2. The smallest absolute Gasteiger partial charge is 0.270 e. The van der Waals surface area contributed by atoms with Gasteiger partial charge in [0.15, 0.2) is 5.78 Å². The Morgan fingerprint density at radius 3 is 2.18 bits per heavy atom. The van der Waals surface area contributed by atoms with Gasteiger partial charge < -0.3 is 5.73 Å². The lowest BCUT2D eigenvalue weighted by Gasteiger charge is -2.18. The predicted octanol–water partition coefficient (Wildman–Crippen LogP) is 2.34. The van der Waals surface area contributed by atoms with Gasteiger partial charge in [-0.1, -0.05) is 36.4 Å². The van der Waals surface area contributed by atoms with Crippen LogP contribution in [0.25, 0.3) is 5.57 Å². The number of hydrogen-bond donors (Lipinski definition) is 1. The molecule has 6 nitrogen and oxygen atoms in total. The molecule has 6 heteroatoms. The Balaban J connectivity index is 2.21. The minimum absolute atomic E-state index is 0.00685. The molecule has 0 saturated heterocycles. The summed E-state index contributed by atoms with van der Waals surface area (Å²) in [4.78, 5) is 35.2. The van der Waals surface area contributed by atoms with E-state index in [2.05, 4.69) is 0 Å². The van der Waals surface area contributed by atoms with E-state index in [1.54, 1.807) is 18.2 Å². The summed E-state index contributed by atoms with van der Waals surface area (Å²) in [6.07, 6.45) is 0.